The van der Waals surface area contributed by atoms with Crippen molar-refractivity contribution < 1.29 is 8.42 Å². The van der Waals surface area contributed by atoms with Crippen LogP contribution in [0.4, 0.5) is 11.4 Å². The van der Waals surface area contributed by atoms with Crippen LogP contribution in [-0.2, 0) is 10.0 Å². The van der Waals surface area contributed by atoms with Gasteiger partial charge >= 0.3 is 0 Å². The van der Waals surface area contributed by atoms with E-state index in [1.54, 1.807) is 44.2 Å². The summed E-state index contributed by atoms with van der Waals surface area (Å²) in [6.07, 6.45) is 0. The van der Waals surface area contributed by atoms with Crippen molar-refractivity contribution in [2.75, 3.05) is 10.5 Å². The summed E-state index contributed by atoms with van der Waals surface area (Å²) in [4.78, 5) is 0.226. The summed E-state index contributed by atoms with van der Waals surface area (Å²) < 4.78 is 28.4. The molecule has 0 heterocycles. The Morgan fingerprint density at radius 2 is 1.71 bits per heavy atom. The Bertz CT molecular complexity index is 784. The maximum atomic E-state index is 12.6. The van der Waals surface area contributed by atoms with Crippen LogP contribution in [0.15, 0.2) is 39.7 Å². The summed E-state index contributed by atoms with van der Waals surface area (Å²) in [5.74, 6) is 0. The predicted molar refractivity (Wildman–Crippen MR) is 90.3 cm³/mol. The predicted octanol–water partition coefficient (Wildman–Crippen LogP) is 4.10. The molecule has 0 aliphatic carbocycles. The average molecular weight is 390 g/mol. The standard InChI is InChI=1S/C14H14BrClN2O2S/c1-8-5-11(17)6-9(2)14(8)21(19,20)18-13-7-10(16)3-4-12(13)15/h3-7,18H,17H2,1-2H3. The van der Waals surface area contributed by atoms with E-state index in [9.17, 15) is 8.42 Å². The first-order valence-electron chi connectivity index (χ1n) is 6.05. The lowest BCUT2D eigenvalue weighted by Gasteiger charge is -2.14. The number of anilines is 2. The molecule has 0 radical (unpaired) electrons. The molecule has 0 saturated heterocycles. The molecule has 0 aliphatic rings. The van der Waals surface area contributed by atoms with Crippen LogP contribution >= 0.6 is 27.5 Å². The van der Waals surface area contributed by atoms with Gasteiger partial charge in [-0.15, -0.1) is 0 Å². The Labute approximate surface area is 137 Å². The fourth-order valence-electron chi connectivity index (χ4n) is 2.18. The van der Waals surface area contributed by atoms with Gasteiger partial charge in [-0.25, -0.2) is 8.42 Å². The van der Waals surface area contributed by atoms with Gasteiger partial charge in [-0.05, 0) is 71.2 Å². The van der Waals surface area contributed by atoms with E-state index in [0.29, 0.717) is 32.0 Å². The molecular weight excluding hydrogens is 376 g/mol. The highest BCUT2D eigenvalue weighted by Gasteiger charge is 2.21. The quantitative estimate of drug-likeness (QED) is 0.776. The number of nitrogens with two attached hydrogens (primary N) is 1. The normalized spacial score (nSPS) is 11.4. The van der Waals surface area contributed by atoms with Gasteiger partial charge in [0.05, 0.1) is 10.6 Å². The third kappa shape index (κ3) is 3.51. The second-order valence-electron chi connectivity index (χ2n) is 4.71. The zero-order chi connectivity index (χ0) is 15.8. The summed E-state index contributed by atoms with van der Waals surface area (Å²) >= 11 is 9.20. The van der Waals surface area contributed by atoms with Crippen molar-refractivity contribution in [2.24, 2.45) is 0 Å². The first kappa shape index (κ1) is 16.1. The second kappa shape index (κ2) is 5.87. The number of nitrogens with one attached hydrogen (secondary N) is 1. The first-order chi connectivity index (χ1) is 9.70. The van der Waals surface area contributed by atoms with Gasteiger partial charge in [0.25, 0.3) is 10.0 Å². The number of rotatable bonds is 3. The Morgan fingerprint density at radius 3 is 2.29 bits per heavy atom. The van der Waals surface area contributed by atoms with E-state index in [1.807, 2.05) is 0 Å². The number of benzene rings is 2. The van der Waals surface area contributed by atoms with Crippen LogP contribution in [0.3, 0.4) is 0 Å². The Kier molecular flexibility index (Phi) is 4.51. The topological polar surface area (TPSA) is 72.2 Å². The molecule has 4 nitrogen and oxygen atoms in total. The van der Waals surface area contributed by atoms with Gasteiger partial charge in [-0.1, -0.05) is 11.6 Å². The second-order valence-corrected chi connectivity index (χ2v) is 7.62. The molecule has 2 aromatic rings. The number of aryl methyl sites for hydroxylation is 2. The molecule has 7 heteroatoms. The van der Waals surface area contributed by atoms with Crippen LogP contribution in [0, 0.1) is 13.8 Å². The third-order valence-electron chi connectivity index (χ3n) is 2.92. The van der Waals surface area contributed by atoms with E-state index in [0.717, 1.165) is 0 Å². The van der Waals surface area contributed by atoms with Crippen molar-refractivity contribution in [3.8, 4) is 0 Å². The van der Waals surface area contributed by atoms with E-state index >= 15 is 0 Å². The highest BCUT2D eigenvalue weighted by Crippen LogP contribution is 2.30. The maximum Gasteiger partial charge on any atom is 0.262 e. The zero-order valence-electron chi connectivity index (χ0n) is 11.4. The summed E-state index contributed by atoms with van der Waals surface area (Å²) in [5.41, 5.74) is 7.84. The summed E-state index contributed by atoms with van der Waals surface area (Å²) in [6, 6.07) is 8.17. The molecule has 0 amide bonds. The highest BCUT2D eigenvalue weighted by atomic mass is 79.9. The molecule has 2 aromatic carbocycles. The molecule has 21 heavy (non-hydrogen) atoms. The Morgan fingerprint density at radius 1 is 1.14 bits per heavy atom. The lowest BCUT2D eigenvalue weighted by atomic mass is 10.1. The minimum Gasteiger partial charge on any atom is -0.399 e. The van der Waals surface area contributed by atoms with E-state index < -0.39 is 10.0 Å². The zero-order valence-corrected chi connectivity index (χ0v) is 14.6. The molecule has 0 bridgehead atoms. The molecule has 0 fully saturated rings. The number of halogens is 2. The highest BCUT2D eigenvalue weighted by molar-refractivity contribution is 9.10. The molecule has 0 spiro atoms. The van der Waals surface area contributed by atoms with E-state index in [2.05, 4.69) is 20.7 Å². The van der Waals surface area contributed by atoms with Crippen LogP contribution in [0.25, 0.3) is 0 Å². The van der Waals surface area contributed by atoms with E-state index in [4.69, 9.17) is 17.3 Å². The van der Waals surface area contributed by atoms with Gasteiger partial charge < -0.3 is 5.73 Å². The molecule has 3 N–H and O–H groups in total. The Hall–Kier alpha value is -1.24. The SMILES string of the molecule is Cc1cc(N)cc(C)c1S(=O)(=O)Nc1cc(Cl)ccc1Br. The Balaban J connectivity index is 2.51. The number of sulfonamides is 1. The van der Waals surface area contributed by atoms with Gasteiger partial charge in [-0.2, -0.15) is 0 Å². The minimum atomic E-state index is -3.72. The number of nitrogen functional groups attached to an aromatic ring is 1. The lowest BCUT2D eigenvalue weighted by molar-refractivity contribution is 0.600. The maximum absolute atomic E-state index is 12.6. The summed E-state index contributed by atoms with van der Waals surface area (Å²) in [6.45, 7) is 3.43. The number of hydrogen-bond acceptors (Lipinski definition) is 3. The molecular formula is C14H14BrClN2O2S. The van der Waals surface area contributed by atoms with E-state index in [-0.39, 0.29) is 4.90 Å². The van der Waals surface area contributed by atoms with Crippen molar-refractivity contribution >= 4 is 48.9 Å². The van der Waals surface area contributed by atoms with Gasteiger partial charge in [0.1, 0.15) is 0 Å². The van der Waals surface area contributed by atoms with Crippen molar-refractivity contribution in [2.45, 2.75) is 18.7 Å². The third-order valence-corrected chi connectivity index (χ3v) is 5.52. The molecule has 2 rings (SSSR count). The fraction of sp³-hybridized carbons (Fsp3) is 0.143. The van der Waals surface area contributed by atoms with Gasteiger partial charge in [0, 0.05) is 15.2 Å². The van der Waals surface area contributed by atoms with Gasteiger partial charge in [0.15, 0.2) is 0 Å². The molecule has 0 aliphatic heterocycles. The number of hydrogen-bond donors (Lipinski definition) is 2. The van der Waals surface area contributed by atoms with Gasteiger partial charge in [-0.3, -0.25) is 4.72 Å². The first-order valence-corrected chi connectivity index (χ1v) is 8.71. The van der Waals surface area contributed by atoms with Crippen molar-refractivity contribution in [3.05, 3.63) is 51.0 Å². The molecule has 0 saturated carbocycles. The summed E-state index contributed by atoms with van der Waals surface area (Å²) in [7, 11) is -3.72. The lowest BCUT2D eigenvalue weighted by Crippen LogP contribution is -2.16. The van der Waals surface area contributed by atoms with Crippen LogP contribution in [0.2, 0.25) is 5.02 Å². The van der Waals surface area contributed by atoms with Crippen LogP contribution < -0.4 is 10.5 Å². The van der Waals surface area contributed by atoms with Crippen molar-refractivity contribution in [3.63, 3.8) is 0 Å². The van der Waals surface area contributed by atoms with E-state index in [1.165, 1.54) is 0 Å². The largest absolute Gasteiger partial charge is 0.399 e. The average Bonchev–Trinajstić information content (AvgIpc) is 2.31. The van der Waals surface area contributed by atoms with Crippen LogP contribution in [0.5, 0.6) is 0 Å². The smallest absolute Gasteiger partial charge is 0.262 e. The molecule has 112 valence electrons. The molecule has 0 aromatic heterocycles. The van der Waals surface area contributed by atoms with Gasteiger partial charge in [0.2, 0.25) is 0 Å². The molecule has 0 atom stereocenters. The molecule has 0 unspecified atom stereocenters. The fourth-order valence-corrected chi connectivity index (χ4v) is 4.35. The van der Waals surface area contributed by atoms with Crippen LogP contribution in [-0.4, -0.2) is 8.42 Å². The summed E-state index contributed by atoms with van der Waals surface area (Å²) in [5, 5.41) is 0.446. The minimum absolute atomic E-state index is 0.226. The van der Waals surface area contributed by atoms with Crippen molar-refractivity contribution in [1.29, 1.82) is 0 Å². The van der Waals surface area contributed by atoms with Crippen LogP contribution in [0.1, 0.15) is 11.1 Å². The monoisotopic (exact) mass is 388 g/mol. The van der Waals surface area contributed by atoms with Crippen molar-refractivity contribution in [1.82, 2.24) is 0 Å².